The number of carbonyl (C=O) groups is 3. The van der Waals surface area contributed by atoms with Crippen molar-refractivity contribution < 1.29 is 19.5 Å². The van der Waals surface area contributed by atoms with Gasteiger partial charge in [0.1, 0.15) is 11.0 Å². The van der Waals surface area contributed by atoms with Gasteiger partial charge in [-0.05, 0) is 55.9 Å². The van der Waals surface area contributed by atoms with Gasteiger partial charge in [0.05, 0.1) is 18.2 Å². The Balaban J connectivity index is 1.34. The minimum Gasteiger partial charge on any atom is -0.389 e. The van der Waals surface area contributed by atoms with Crippen LogP contribution in [0.1, 0.15) is 69.7 Å². The Hall–Kier alpha value is -3.60. The quantitative estimate of drug-likeness (QED) is 0.326. The minimum atomic E-state index is -1.16. The van der Waals surface area contributed by atoms with Crippen molar-refractivity contribution >= 4 is 29.1 Å². The van der Waals surface area contributed by atoms with E-state index in [1.807, 2.05) is 47.5 Å². The lowest BCUT2D eigenvalue weighted by Crippen LogP contribution is -2.64. The van der Waals surface area contributed by atoms with Gasteiger partial charge in [0, 0.05) is 48.4 Å². The van der Waals surface area contributed by atoms with Crippen LogP contribution in [0.3, 0.4) is 0 Å². The predicted octanol–water partition coefficient (Wildman–Crippen LogP) is 3.59. The Bertz CT molecular complexity index is 1430. The summed E-state index contributed by atoms with van der Waals surface area (Å²) in [7, 11) is 0. The molecule has 1 aromatic heterocycles. The minimum absolute atomic E-state index is 0.0649. The molecule has 0 radical (unpaired) electrons. The number of amides is 3. The van der Waals surface area contributed by atoms with Crippen LogP contribution in [-0.4, -0.2) is 82.0 Å². The smallest absolute Gasteiger partial charge is 0.254 e. The lowest BCUT2D eigenvalue weighted by molar-refractivity contribution is -0.140. The molecule has 228 valence electrons. The average molecular weight is 604 g/mol. The highest BCUT2D eigenvalue weighted by Gasteiger charge is 2.39. The molecule has 43 heavy (non-hydrogen) atoms. The number of piperazine rings is 1. The van der Waals surface area contributed by atoms with Crippen LogP contribution in [0.2, 0.25) is 0 Å². The molecule has 10 heteroatoms. The number of benzene rings is 2. The zero-order chi connectivity index (χ0) is 30.5. The molecule has 5 rings (SSSR count). The molecule has 2 saturated heterocycles. The molecule has 2 aromatic carbocycles. The normalized spacial score (nSPS) is 20.3. The maximum absolute atomic E-state index is 13.6. The van der Waals surface area contributed by atoms with Crippen molar-refractivity contribution in [1.82, 2.24) is 25.4 Å². The summed E-state index contributed by atoms with van der Waals surface area (Å²) in [6.07, 6.45) is 0.936. The first-order valence-electron chi connectivity index (χ1n) is 15.1. The van der Waals surface area contributed by atoms with Gasteiger partial charge in [-0.1, -0.05) is 50.2 Å². The SMILES string of the molecule is Cc1csc([C@H]2CCCN2C(=O)c2cccc(C(=O)N[C@@H](Cc3ccccc3)[C@H](O)C3NCCN(CC(C)C)C3=O)c2)n1. The predicted molar refractivity (Wildman–Crippen MR) is 167 cm³/mol. The Morgan fingerprint density at radius 2 is 1.88 bits per heavy atom. The van der Waals surface area contributed by atoms with Gasteiger partial charge in [-0.25, -0.2) is 4.98 Å². The van der Waals surface area contributed by atoms with E-state index in [1.165, 1.54) is 0 Å². The third-order valence-electron chi connectivity index (χ3n) is 8.09. The van der Waals surface area contributed by atoms with Gasteiger partial charge >= 0.3 is 0 Å². The average Bonchev–Trinajstić information content (AvgIpc) is 3.66. The van der Waals surface area contributed by atoms with Gasteiger partial charge in [-0.2, -0.15) is 0 Å². The van der Waals surface area contributed by atoms with Crippen molar-refractivity contribution in [3.05, 3.63) is 87.4 Å². The van der Waals surface area contributed by atoms with E-state index in [9.17, 15) is 19.5 Å². The lowest BCUT2D eigenvalue weighted by atomic mass is 9.93. The summed E-state index contributed by atoms with van der Waals surface area (Å²) in [5.74, 6) is -0.405. The summed E-state index contributed by atoms with van der Waals surface area (Å²) in [5.41, 5.74) is 2.63. The van der Waals surface area contributed by atoms with Crippen molar-refractivity contribution in [2.45, 2.75) is 64.3 Å². The highest BCUT2D eigenvalue weighted by molar-refractivity contribution is 7.09. The largest absolute Gasteiger partial charge is 0.389 e. The first-order chi connectivity index (χ1) is 20.7. The topological polar surface area (TPSA) is 115 Å². The zero-order valence-electron chi connectivity index (χ0n) is 25.0. The highest BCUT2D eigenvalue weighted by atomic mass is 32.1. The van der Waals surface area contributed by atoms with E-state index in [4.69, 9.17) is 0 Å². The summed E-state index contributed by atoms with van der Waals surface area (Å²) < 4.78 is 0. The first-order valence-corrected chi connectivity index (χ1v) is 16.0. The number of hydrogen-bond acceptors (Lipinski definition) is 7. The molecule has 2 aliphatic heterocycles. The Labute approximate surface area is 257 Å². The van der Waals surface area contributed by atoms with Crippen molar-refractivity contribution in [1.29, 1.82) is 0 Å². The number of aryl methyl sites for hydroxylation is 1. The van der Waals surface area contributed by atoms with E-state index < -0.39 is 24.1 Å². The Morgan fingerprint density at radius 1 is 1.12 bits per heavy atom. The fourth-order valence-electron chi connectivity index (χ4n) is 6.00. The highest BCUT2D eigenvalue weighted by Crippen LogP contribution is 2.34. The molecule has 3 amide bonds. The number of nitrogens with one attached hydrogen (secondary N) is 2. The van der Waals surface area contributed by atoms with E-state index >= 15 is 0 Å². The maximum Gasteiger partial charge on any atom is 0.254 e. The Morgan fingerprint density at radius 3 is 2.60 bits per heavy atom. The Kier molecular flexibility index (Phi) is 9.90. The van der Waals surface area contributed by atoms with Gasteiger partial charge in [0.15, 0.2) is 0 Å². The number of thiazole rings is 1. The van der Waals surface area contributed by atoms with Gasteiger partial charge in [-0.15, -0.1) is 11.3 Å². The molecular weight excluding hydrogens is 562 g/mol. The summed E-state index contributed by atoms with van der Waals surface area (Å²) >= 11 is 1.57. The van der Waals surface area contributed by atoms with E-state index in [-0.39, 0.29) is 17.9 Å². The second kappa shape index (κ2) is 13.8. The number of aliphatic hydroxyl groups is 1. The third kappa shape index (κ3) is 7.31. The molecule has 0 aliphatic carbocycles. The van der Waals surface area contributed by atoms with Gasteiger partial charge in [0.25, 0.3) is 11.8 Å². The van der Waals surface area contributed by atoms with Crippen molar-refractivity contribution in [2.75, 3.05) is 26.2 Å². The van der Waals surface area contributed by atoms with Crippen LogP contribution >= 0.6 is 11.3 Å². The van der Waals surface area contributed by atoms with Crippen LogP contribution in [0.5, 0.6) is 0 Å². The molecule has 2 aliphatic rings. The van der Waals surface area contributed by atoms with Crippen LogP contribution in [0.25, 0.3) is 0 Å². The molecule has 0 bridgehead atoms. The monoisotopic (exact) mass is 603 g/mol. The number of rotatable bonds is 10. The zero-order valence-corrected chi connectivity index (χ0v) is 25.8. The summed E-state index contributed by atoms with van der Waals surface area (Å²) in [5, 5.41) is 20.7. The summed E-state index contributed by atoms with van der Waals surface area (Å²) in [6, 6.07) is 14.7. The van der Waals surface area contributed by atoms with Crippen LogP contribution in [0, 0.1) is 12.8 Å². The first kappa shape index (κ1) is 30.8. The number of aromatic nitrogens is 1. The number of hydrogen-bond donors (Lipinski definition) is 3. The standard InChI is InChI=1S/C33H41N5O4S/c1-21(2)19-37-16-14-34-28(33(37)42)29(39)26(17-23-9-5-4-6-10-23)36-30(40)24-11-7-12-25(18-24)32(41)38-15-8-13-27(38)31-35-22(3)20-43-31/h4-7,9-12,18,20-21,26-29,34,39H,8,13-17,19H2,1-3H3,(H,36,40)/t26-,27+,28?,29-/m0/s1. The van der Waals surface area contributed by atoms with E-state index in [2.05, 4.69) is 29.5 Å². The van der Waals surface area contributed by atoms with Crippen molar-refractivity contribution in [3.8, 4) is 0 Å². The summed E-state index contributed by atoms with van der Waals surface area (Å²) in [6.45, 7) is 8.46. The molecule has 3 N–H and O–H groups in total. The molecule has 1 unspecified atom stereocenters. The van der Waals surface area contributed by atoms with E-state index in [0.29, 0.717) is 49.6 Å². The molecule has 0 saturated carbocycles. The number of likely N-dealkylation sites (tertiary alicyclic amines) is 1. The molecule has 0 spiro atoms. The number of carbonyl (C=O) groups excluding carboxylic acids is 3. The second-order valence-electron chi connectivity index (χ2n) is 11.9. The van der Waals surface area contributed by atoms with Crippen LogP contribution in [0.4, 0.5) is 0 Å². The maximum atomic E-state index is 13.6. The molecule has 4 atom stereocenters. The fourth-order valence-corrected chi connectivity index (χ4v) is 6.94. The molecule has 9 nitrogen and oxygen atoms in total. The third-order valence-corrected chi connectivity index (χ3v) is 9.15. The molecule has 3 heterocycles. The van der Waals surface area contributed by atoms with Crippen LogP contribution in [0.15, 0.2) is 60.0 Å². The van der Waals surface area contributed by atoms with Gasteiger partial charge < -0.3 is 25.5 Å². The van der Waals surface area contributed by atoms with E-state index in [0.717, 1.165) is 29.1 Å². The number of nitrogens with zero attached hydrogens (tertiary/aromatic N) is 3. The number of aliphatic hydroxyl groups excluding tert-OH is 1. The second-order valence-corrected chi connectivity index (χ2v) is 12.8. The summed E-state index contributed by atoms with van der Waals surface area (Å²) in [4.78, 5) is 48.8. The molecule has 3 aromatic rings. The van der Waals surface area contributed by atoms with E-state index in [1.54, 1.807) is 40.5 Å². The van der Waals surface area contributed by atoms with Gasteiger partial charge in [-0.3, -0.25) is 14.4 Å². The molecular formula is C33H41N5O4S. The van der Waals surface area contributed by atoms with Crippen molar-refractivity contribution in [3.63, 3.8) is 0 Å². The van der Waals surface area contributed by atoms with Gasteiger partial charge in [0.2, 0.25) is 5.91 Å². The van der Waals surface area contributed by atoms with Crippen LogP contribution < -0.4 is 10.6 Å². The molecule has 2 fully saturated rings. The lowest BCUT2D eigenvalue weighted by Gasteiger charge is -2.38. The van der Waals surface area contributed by atoms with Crippen LogP contribution in [-0.2, 0) is 11.2 Å². The van der Waals surface area contributed by atoms with Crippen molar-refractivity contribution in [2.24, 2.45) is 5.92 Å². The fraction of sp³-hybridized carbons (Fsp3) is 0.455.